The number of sulfonamides is 1. The van der Waals surface area contributed by atoms with E-state index in [1.165, 1.54) is 7.05 Å². The van der Waals surface area contributed by atoms with Gasteiger partial charge < -0.3 is 4.74 Å². The number of ether oxygens (including phenoxy) is 1. The molecule has 0 unspecified atom stereocenters. The molecule has 4 nitrogen and oxygen atoms in total. The molecule has 0 aliphatic carbocycles. The first-order valence-electron chi connectivity index (χ1n) is 6.28. The van der Waals surface area contributed by atoms with Gasteiger partial charge in [0.2, 0.25) is 10.0 Å². The first kappa shape index (κ1) is 14.8. The average Bonchev–Trinajstić information content (AvgIpc) is 2.42. The van der Waals surface area contributed by atoms with Crippen molar-refractivity contribution in [3.8, 4) is 0 Å². The Balaban J connectivity index is 2.19. The van der Waals surface area contributed by atoms with Crippen LogP contribution >= 0.6 is 11.6 Å². The van der Waals surface area contributed by atoms with Crippen LogP contribution in [0, 0.1) is 5.92 Å². The second-order valence-electron chi connectivity index (χ2n) is 4.71. The highest BCUT2D eigenvalue weighted by molar-refractivity contribution is 7.90. The Morgan fingerprint density at radius 3 is 2.84 bits per heavy atom. The molecule has 6 heteroatoms. The van der Waals surface area contributed by atoms with E-state index in [4.69, 9.17) is 16.3 Å². The van der Waals surface area contributed by atoms with Crippen LogP contribution in [0.25, 0.3) is 0 Å². The van der Waals surface area contributed by atoms with Gasteiger partial charge in [0.1, 0.15) is 0 Å². The first-order valence-corrected chi connectivity index (χ1v) is 8.20. The van der Waals surface area contributed by atoms with Crippen LogP contribution in [0.4, 0.5) is 0 Å². The van der Waals surface area contributed by atoms with Crippen LogP contribution < -0.4 is 4.72 Å². The van der Waals surface area contributed by atoms with Crippen molar-refractivity contribution < 1.29 is 13.2 Å². The van der Waals surface area contributed by atoms with Crippen molar-refractivity contribution in [1.29, 1.82) is 0 Å². The molecular formula is C13H18ClNO3S. The molecule has 1 aliphatic heterocycles. The number of rotatable bonds is 4. The number of halogens is 1. The fraction of sp³-hybridized carbons (Fsp3) is 0.538. The summed E-state index contributed by atoms with van der Waals surface area (Å²) in [5.41, 5.74) is 0.968. The fourth-order valence-electron chi connectivity index (χ4n) is 2.47. The molecule has 1 aromatic rings. The van der Waals surface area contributed by atoms with E-state index >= 15 is 0 Å². The van der Waals surface area contributed by atoms with Crippen molar-refractivity contribution in [2.75, 3.05) is 20.3 Å². The van der Waals surface area contributed by atoms with E-state index in [0.717, 1.165) is 5.56 Å². The summed E-state index contributed by atoms with van der Waals surface area (Å²) in [6, 6.07) is 7.53. The van der Waals surface area contributed by atoms with Crippen molar-refractivity contribution in [3.05, 3.63) is 34.9 Å². The number of benzene rings is 1. The topological polar surface area (TPSA) is 55.4 Å². The van der Waals surface area contributed by atoms with Gasteiger partial charge in [0.15, 0.2) is 0 Å². The van der Waals surface area contributed by atoms with Crippen LogP contribution in [0.15, 0.2) is 24.3 Å². The Labute approximate surface area is 119 Å². The van der Waals surface area contributed by atoms with Gasteiger partial charge in [-0.3, -0.25) is 0 Å². The summed E-state index contributed by atoms with van der Waals surface area (Å²) < 4.78 is 31.9. The molecule has 19 heavy (non-hydrogen) atoms. The van der Waals surface area contributed by atoms with Gasteiger partial charge in [-0.2, -0.15) is 0 Å². The molecule has 0 radical (unpaired) electrons. The van der Waals surface area contributed by atoms with Crippen LogP contribution in [0.2, 0.25) is 5.02 Å². The van der Waals surface area contributed by atoms with Crippen molar-refractivity contribution in [2.24, 2.45) is 5.92 Å². The van der Waals surface area contributed by atoms with Gasteiger partial charge >= 0.3 is 0 Å². The normalized spacial score (nSPS) is 24.3. The van der Waals surface area contributed by atoms with Crippen LogP contribution in [0.1, 0.15) is 12.0 Å². The van der Waals surface area contributed by atoms with Gasteiger partial charge in [-0.15, -0.1) is 0 Å². The minimum absolute atomic E-state index is 0.0638. The quantitative estimate of drug-likeness (QED) is 0.923. The van der Waals surface area contributed by atoms with Gasteiger partial charge in [0.05, 0.1) is 11.9 Å². The first-order chi connectivity index (χ1) is 9.04. The fourth-order valence-corrected chi connectivity index (χ4v) is 4.08. The van der Waals surface area contributed by atoms with E-state index in [-0.39, 0.29) is 5.92 Å². The maximum atomic E-state index is 12.0. The summed E-state index contributed by atoms with van der Waals surface area (Å²) in [4.78, 5) is 0. The third kappa shape index (κ3) is 3.48. The van der Waals surface area contributed by atoms with Gasteiger partial charge in [0.25, 0.3) is 0 Å². The van der Waals surface area contributed by atoms with Gasteiger partial charge in [0, 0.05) is 17.5 Å². The van der Waals surface area contributed by atoms with E-state index in [2.05, 4.69) is 4.72 Å². The summed E-state index contributed by atoms with van der Waals surface area (Å²) in [6.45, 7) is 0.946. The Kier molecular flexibility index (Phi) is 4.84. The van der Waals surface area contributed by atoms with Crippen molar-refractivity contribution in [1.82, 2.24) is 4.72 Å². The van der Waals surface area contributed by atoms with Crippen molar-refractivity contribution in [2.45, 2.75) is 18.1 Å². The number of hydrogen-bond donors (Lipinski definition) is 1. The molecule has 1 N–H and O–H groups in total. The van der Waals surface area contributed by atoms with E-state index in [0.29, 0.717) is 31.1 Å². The van der Waals surface area contributed by atoms with Crippen molar-refractivity contribution >= 4 is 21.6 Å². The lowest BCUT2D eigenvalue weighted by Gasteiger charge is -2.31. The van der Waals surface area contributed by atoms with Gasteiger partial charge in [-0.1, -0.05) is 29.8 Å². The summed E-state index contributed by atoms with van der Waals surface area (Å²) in [5.74, 6) is -0.0638. The molecule has 0 amide bonds. The Morgan fingerprint density at radius 1 is 1.42 bits per heavy atom. The maximum absolute atomic E-state index is 12.0. The Morgan fingerprint density at radius 2 is 2.16 bits per heavy atom. The molecule has 1 aliphatic rings. The second-order valence-corrected chi connectivity index (χ2v) is 7.22. The zero-order chi connectivity index (χ0) is 13.9. The lowest BCUT2D eigenvalue weighted by molar-refractivity contribution is 0.0571. The maximum Gasteiger partial charge on any atom is 0.214 e. The highest BCUT2D eigenvalue weighted by Crippen LogP contribution is 2.27. The van der Waals surface area contributed by atoms with Gasteiger partial charge in [-0.05, 0) is 31.5 Å². The molecule has 1 aromatic carbocycles. The highest BCUT2D eigenvalue weighted by atomic mass is 35.5. The molecule has 1 fully saturated rings. The molecule has 0 spiro atoms. The zero-order valence-electron chi connectivity index (χ0n) is 10.8. The second kappa shape index (κ2) is 6.22. The smallest absolute Gasteiger partial charge is 0.214 e. The molecule has 1 saturated heterocycles. The van der Waals surface area contributed by atoms with Crippen LogP contribution in [0.5, 0.6) is 0 Å². The molecule has 106 valence electrons. The van der Waals surface area contributed by atoms with Crippen LogP contribution in [-0.2, 0) is 21.2 Å². The SMILES string of the molecule is CNS(=O)(=O)[C@@H]1CCOC[C@H]1Cc1ccccc1Cl. The van der Waals surface area contributed by atoms with Crippen LogP contribution in [0.3, 0.4) is 0 Å². The summed E-state index contributed by atoms with van der Waals surface area (Å²) in [7, 11) is -1.82. The van der Waals surface area contributed by atoms with E-state index in [1.807, 2.05) is 24.3 Å². The molecule has 2 atom stereocenters. The summed E-state index contributed by atoms with van der Waals surface area (Å²) in [5, 5.41) is 0.260. The van der Waals surface area contributed by atoms with Crippen LogP contribution in [-0.4, -0.2) is 33.9 Å². The minimum Gasteiger partial charge on any atom is -0.381 e. The van der Waals surface area contributed by atoms with Crippen molar-refractivity contribution in [3.63, 3.8) is 0 Å². The third-order valence-corrected chi connectivity index (χ3v) is 5.88. The Bertz CT molecular complexity index is 532. The predicted octanol–water partition coefficient (Wildman–Crippen LogP) is 1.84. The number of hydrogen-bond acceptors (Lipinski definition) is 3. The monoisotopic (exact) mass is 303 g/mol. The molecule has 0 saturated carbocycles. The van der Waals surface area contributed by atoms with E-state index in [9.17, 15) is 8.42 Å². The minimum atomic E-state index is -3.28. The Hall–Kier alpha value is -0.620. The standard InChI is InChI=1S/C13H18ClNO3S/c1-15-19(16,17)13-6-7-18-9-11(13)8-10-4-2-3-5-12(10)14/h2-5,11,13,15H,6-9H2,1H3/t11-,13-/m1/s1. The molecular weight excluding hydrogens is 286 g/mol. The number of nitrogens with one attached hydrogen (secondary N) is 1. The molecule has 0 aromatic heterocycles. The average molecular weight is 304 g/mol. The summed E-state index contributed by atoms with van der Waals surface area (Å²) in [6.07, 6.45) is 1.14. The zero-order valence-corrected chi connectivity index (χ0v) is 12.4. The van der Waals surface area contributed by atoms with E-state index < -0.39 is 15.3 Å². The lowest BCUT2D eigenvalue weighted by Crippen LogP contribution is -2.43. The van der Waals surface area contributed by atoms with E-state index in [1.54, 1.807) is 0 Å². The lowest BCUT2D eigenvalue weighted by atomic mass is 9.93. The molecule has 2 rings (SSSR count). The largest absolute Gasteiger partial charge is 0.381 e. The molecule has 1 heterocycles. The molecule has 0 bridgehead atoms. The predicted molar refractivity (Wildman–Crippen MR) is 75.8 cm³/mol. The van der Waals surface area contributed by atoms with Gasteiger partial charge in [-0.25, -0.2) is 13.1 Å². The summed E-state index contributed by atoms with van der Waals surface area (Å²) >= 11 is 6.13. The third-order valence-electron chi connectivity index (χ3n) is 3.53. The highest BCUT2D eigenvalue weighted by Gasteiger charge is 2.35.